The second-order valence-corrected chi connectivity index (χ2v) is 3.77. The number of aliphatic hydroxyl groups is 1. The van der Waals surface area contributed by atoms with Crippen LogP contribution in [0.3, 0.4) is 0 Å². The summed E-state index contributed by atoms with van der Waals surface area (Å²) in [5, 5.41) is 11.7. The SMILES string of the molecule is CC[C@H](CO)NC(=O)Cc1ccc(N)cc1. The third-order valence-electron chi connectivity index (χ3n) is 2.42. The molecule has 1 rings (SSSR count). The molecule has 0 aliphatic rings. The molecule has 0 fully saturated rings. The number of amides is 1. The quantitative estimate of drug-likeness (QED) is 0.642. The molecular weight excluding hydrogens is 204 g/mol. The Bertz CT molecular complexity index is 331. The Hall–Kier alpha value is -1.55. The molecule has 0 spiro atoms. The van der Waals surface area contributed by atoms with Crippen molar-refractivity contribution in [2.75, 3.05) is 12.3 Å². The monoisotopic (exact) mass is 222 g/mol. The fourth-order valence-electron chi connectivity index (χ4n) is 1.38. The predicted octanol–water partition coefficient (Wildman–Crippen LogP) is 0.698. The minimum atomic E-state index is -0.152. The molecule has 1 amide bonds. The molecule has 1 aromatic rings. The topological polar surface area (TPSA) is 75.3 Å². The highest BCUT2D eigenvalue weighted by Gasteiger charge is 2.09. The van der Waals surface area contributed by atoms with E-state index in [0.29, 0.717) is 12.1 Å². The van der Waals surface area contributed by atoms with Gasteiger partial charge in [0, 0.05) is 5.69 Å². The Balaban J connectivity index is 2.48. The third-order valence-corrected chi connectivity index (χ3v) is 2.42. The molecule has 4 nitrogen and oxygen atoms in total. The van der Waals surface area contributed by atoms with Crippen molar-refractivity contribution in [3.63, 3.8) is 0 Å². The fourth-order valence-corrected chi connectivity index (χ4v) is 1.38. The first kappa shape index (κ1) is 12.5. The Morgan fingerprint density at radius 1 is 1.44 bits per heavy atom. The zero-order chi connectivity index (χ0) is 12.0. The minimum absolute atomic E-state index is 0.0238. The molecule has 1 aromatic carbocycles. The van der Waals surface area contributed by atoms with Crippen molar-refractivity contribution in [2.24, 2.45) is 0 Å². The van der Waals surface area contributed by atoms with Crippen molar-refractivity contribution >= 4 is 11.6 Å². The molecule has 0 aromatic heterocycles. The molecule has 1 atom stereocenters. The summed E-state index contributed by atoms with van der Waals surface area (Å²) in [5.74, 6) is -0.0781. The highest BCUT2D eigenvalue weighted by atomic mass is 16.3. The minimum Gasteiger partial charge on any atom is -0.399 e. The first-order valence-corrected chi connectivity index (χ1v) is 5.40. The fraction of sp³-hybridized carbons (Fsp3) is 0.417. The lowest BCUT2D eigenvalue weighted by Crippen LogP contribution is -2.37. The number of anilines is 1. The van der Waals surface area contributed by atoms with Crippen molar-refractivity contribution < 1.29 is 9.90 Å². The number of nitrogens with one attached hydrogen (secondary N) is 1. The number of nitrogen functional groups attached to an aromatic ring is 1. The van der Waals surface area contributed by atoms with Gasteiger partial charge in [-0.25, -0.2) is 0 Å². The van der Waals surface area contributed by atoms with Gasteiger partial charge in [-0.1, -0.05) is 19.1 Å². The molecule has 0 aliphatic heterocycles. The molecule has 0 saturated carbocycles. The van der Waals surface area contributed by atoms with Crippen molar-refractivity contribution in [2.45, 2.75) is 25.8 Å². The third kappa shape index (κ3) is 3.90. The number of nitrogens with two attached hydrogens (primary N) is 1. The van der Waals surface area contributed by atoms with Gasteiger partial charge < -0.3 is 16.2 Å². The standard InChI is InChI=1S/C12H18N2O2/c1-2-11(8-15)14-12(16)7-9-3-5-10(13)6-4-9/h3-6,11,15H,2,7-8,13H2,1H3,(H,14,16)/t11-/m1/s1. The molecule has 0 saturated heterocycles. The van der Waals surface area contributed by atoms with Gasteiger partial charge in [-0.3, -0.25) is 4.79 Å². The highest BCUT2D eigenvalue weighted by Crippen LogP contribution is 2.06. The number of benzene rings is 1. The van der Waals surface area contributed by atoms with Crippen LogP contribution in [0.2, 0.25) is 0 Å². The Labute approximate surface area is 95.5 Å². The number of hydrogen-bond donors (Lipinski definition) is 3. The van der Waals surface area contributed by atoms with Gasteiger partial charge in [0.1, 0.15) is 0 Å². The Morgan fingerprint density at radius 3 is 2.56 bits per heavy atom. The predicted molar refractivity (Wildman–Crippen MR) is 63.9 cm³/mol. The highest BCUT2D eigenvalue weighted by molar-refractivity contribution is 5.78. The van der Waals surface area contributed by atoms with Gasteiger partial charge in [-0.2, -0.15) is 0 Å². The van der Waals surface area contributed by atoms with Crippen LogP contribution in [0, 0.1) is 0 Å². The van der Waals surface area contributed by atoms with Crippen LogP contribution in [0.15, 0.2) is 24.3 Å². The van der Waals surface area contributed by atoms with E-state index in [1.54, 1.807) is 12.1 Å². The number of carbonyl (C=O) groups is 1. The number of rotatable bonds is 5. The van der Waals surface area contributed by atoms with Crippen LogP contribution in [-0.4, -0.2) is 23.7 Å². The lowest BCUT2D eigenvalue weighted by Gasteiger charge is -2.13. The molecule has 4 heteroatoms. The number of carbonyl (C=O) groups excluding carboxylic acids is 1. The van der Waals surface area contributed by atoms with E-state index in [1.807, 2.05) is 19.1 Å². The van der Waals surface area contributed by atoms with Gasteiger partial charge >= 0.3 is 0 Å². The lowest BCUT2D eigenvalue weighted by molar-refractivity contribution is -0.121. The van der Waals surface area contributed by atoms with E-state index in [0.717, 1.165) is 12.0 Å². The van der Waals surface area contributed by atoms with E-state index >= 15 is 0 Å². The van der Waals surface area contributed by atoms with Crippen LogP contribution in [0.4, 0.5) is 5.69 Å². The van der Waals surface area contributed by atoms with Crippen LogP contribution in [-0.2, 0) is 11.2 Å². The maximum absolute atomic E-state index is 11.6. The molecule has 0 bridgehead atoms. The Kier molecular flexibility index (Phi) is 4.79. The first-order valence-electron chi connectivity index (χ1n) is 5.40. The van der Waals surface area contributed by atoms with Crippen molar-refractivity contribution in [3.05, 3.63) is 29.8 Å². The van der Waals surface area contributed by atoms with Crippen LogP contribution in [0.5, 0.6) is 0 Å². The lowest BCUT2D eigenvalue weighted by atomic mass is 10.1. The summed E-state index contributed by atoms with van der Waals surface area (Å²) in [6, 6.07) is 7.04. The van der Waals surface area contributed by atoms with E-state index in [4.69, 9.17) is 10.8 Å². The van der Waals surface area contributed by atoms with Crippen LogP contribution >= 0.6 is 0 Å². The van der Waals surface area contributed by atoms with Crippen molar-refractivity contribution in [1.29, 1.82) is 0 Å². The van der Waals surface area contributed by atoms with Gasteiger partial charge in [0.25, 0.3) is 0 Å². The molecule has 0 radical (unpaired) electrons. The van der Waals surface area contributed by atoms with Gasteiger partial charge in [-0.15, -0.1) is 0 Å². The number of hydrogen-bond acceptors (Lipinski definition) is 3. The number of aliphatic hydroxyl groups excluding tert-OH is 1. The van der Waals surface area contributed by atoms with E-state index in [2.05, 4.69) is 5.32 Å². The van der Waals surface area contributed by atoms with Gasteiger partial charge in [0.2, 0.25) is 5.91 Å². The zero-order valence-electron chi connectivity index (χ0n) is 9.44. The summed E-state index contributed by atoms with van der Waals surface area (Å²) in [7, 11) is 0. The van der Waals surface area contributed by atoms with E-state index < -0.39 is 0 Å². The normalized spacial score (nSPS) is 12.1. The van der Waals surface area contributed by atoms with E-state index in [9.17, 15) is 4.79 Å². The largest absolute Gasteiger partial charge is 0.399 e. The smallest absolute Gasteiger partial charge is 0.224 e. The molecule has 4 N–H and O–H groups in total. The summed E-state index contributed by atoms with van der Waals surface area (Å²) in [5.41, 5.74) is 7.15. The maximum Gasteiger partial charge on any atom is 0.224 e. The van der Waals surface area contributed by atoms with Crippen LogP contribution < -0.4 is 11.1 Å². The molecule has 0 aliphatic carbocycles. The van der Waals surface area contributed by atoms with Gasteiger partial charge in [-0.05, 0) is 24.1 Å². The molecular formula is C12H18N2O2. The zero-order valence-corrected chi connectivity index (χ0v) is 9.44. The van der Waals surface area contributed by atoms with Crippen LogP contribution in [0.1, 0.15) is 18.9 Å². The summed E-state index contributed by atoms with van der Waals surface area (Å²) in [6.07, 6.45) is 1.04. The summed E-state index contributed by atoms with van der Waals surface area (Å²) >= 11 is 0. The second kappa shape index (κ2) is 6.12. The van der Waals surface area contributed by atoms with Gasteiger partial charge in [0.15, 0.2) is 0 Å². The average molecular weight is 222 g/mol. The summed E-state index contributed by atoms with van der Waals surface area (Å²) in [6.45, 7) is 1.90. The van der Waals surface area contributed by atoms with Crippen molar-refractivity contribution in [1.82, 2.24) is 5.32 Å². The molecule has 0 unspecified atom stereocenters. The Morgan fingerprint density at radius 2 is 2.06 bits per heavy atom. The molecule has 88 valence electrons. The van der Waals surface area contributed by atoms with Crippen molar-refractivity contribution in [3.8, 4) is 0 Å². The van der Waals surface area contributed by atoms with Crippen LogP contribution in [0.25, 0.3) is 0 Å². The second-order valence-electron chi connectivity index (χ2n) is 3.77. The first-order chi connectivity index (χ1) is 7.65. The maximum atomic E-state index is 11.6. The molecule has 16 heavy (non-hydrogen) atoms. The average Bonchev–Trinajstić information content (AvgIpc) is 2.29. The van der Waals surface area contributed by atoms with Gasteiger partial charge in [0.05, 0.1) is 19.1 Å². The summed E-state index contributed by atoms with van der Waals surface area (Å²) in [4.78, 5) is 11.6. The van der Waals surface area contributed by atoms with E-state index in [-0.39, 0.29) is 18.6 Å². The molecule has 0 heterocycles. The van der Waals surface area contributed by atoms with E-state index in [1.165, 1.54) is 0 Å². The summed E-state index contributed by atoms with van der Waals surface area (Å²) < 4.78 is 0.